The van der Waals surface area contributed by atoms with Crippen molar-refractivity contribution >= 4 is 23.3 Å². The maximum Gasteiger partial charge on any atom is 0.417 e. The van der Waals surface area contributed by atoms with Gasteiger partial charge in [-0.3, -0.25) is 4.79 Å². The molecule has 10 heteroatoms. The Kier molecular flexibility index (Phi) is 8.42. The SMILES string of the molecule is CN(C)CCOc1ccc(CNC(=O)C2CCN(c3ncc(C(F)(F)F)cc3Cl)CC2)cc1. The van der Waals surface area contributed by atoms with Gasteiger partial charge in [0.2, 0.25) is 5.91 Å². The van der Waals surface area contributed by atoms with E-state index < -0.39 is 11.7 Å². The second-order valence-corrected chi connectivity index (χ2v) is 8.71. The number of benzene rings is 1. The molecular formula is C23H28ClF3N4O2. The predicted molar refractivity (Wildman–Crippen MR) is 122 cm³/mol. The van der Waals surface area contributed by atoms with E-state index in [0.29, 0.717) is 44.9 Å². The Morgan fingerprint density at radius 1 is 1.24 bits per heavy atom. The lowest BCUT2D eigenvalue weighted by molar-refractivity contribution is -0.137. The minimum Gasteiger partial charge on any atom is -0.492 e. The highest BCUT2D eigenvalue weighted by Gasteiger charge is 2.33. The van der Waals surface area contributed by atoms with Gasteiger partial charge in [0.15, 0.2) is 0 Å². The number of hydrogen-bond donors (Lipinski definition) is 1. The van der Waals surface area contributed by atoms with Gasteiger partial charge >= 0.3 is 6.18 Å². The lowest BCUT2D eigenvalue weighted by Gasteiger charge is -2.32. The molecule has 180 valence electrons. The van der Waals surface area contributed by atoms with Crippen LogP contribution in [0.15, 0.2) is 36.5 Å². The second kappa shape index (κ2) is 11.1. The summed E-state index contributed by atoms with van der Waals surface area (Å²) in [6.45, 7) is 2.85. The van der Waals surface area contributed by atoms with Crippen LogP contribution >= 0.6 is 11.6 Å². The zero-order chi connectivity index (χ0) is 24.0. The predicted octanol–water partition coefficient (Wildman–Crippen LogP) is 4.23. The largest absolute Gasteiger partial charge is 0.492 e. The van der Waals surface area contributed by atoms with Crippen molar-refractivity contribution in [2.75, 3.05) is 45.2 Å². The number of piperidine rings is 1. The van der Waals surface area contributed by atoms with Gasteiger partial charge in [-0.15, -0.1) is 0 Å². The molecule has 3 rings (SSSR count). The number of nitrogens with one attached hydrogen (secondary N) is 1. The van der Waals surface area contributed by atoms with Crippen LogP contribution in [-0.4, -0.2) is 56.1 Å². The molecule has 1 fully saturated rings. The van der Waals surface area contributed by atoms with E-state index >= 15 is 0 Å². The van der Waals surface area contributed by atoms with Crippen molar-refractivity contribution in [3.63, 3.8) is 0 Å². The van der Waals surface area contributed by atoms with Crippen molar-refractivity contribution < 1.29 is 22.7 Å². The number of hydrogen-bond acceptors (Lipinski definition) is 5. The molecule has 33 heavy (non-hydrogen) atoms. The first-order valence-electron chi connectivity index (χ1n) is 10.8. The molecule has 2 heterocycles. The first-order valence-corrected chi connectivity index (χ1v) is 11.1. The number of aromatic nitrogens is 1. The maximum absolute atomic E-state index is 12.8. The molecule has 0 radical (unpaired) electrons. The van der Waals surface area contributed by atoms with E-state index in [1.165, 1.54) is 0 Å². The van der Waals surface area contributed by atoms with Crippen molar-refractivity contribution in [3.05, 3.63) is 52.7 Å². The highest BCUT2D eigenvalue weighted by molar-refractivity contribution is 6.33. The van der Waals surface area contributed by atoms with Gasteiger partial charge in [-0.25, -0.2) is 4.98 Å². The maximum atomic E-state index is 12.8. The first-order chi connectivity index (χ1) is 15.6. The Morgan fingerprint density at radius 2 is 1.91 bits per heavy atom. The van der Waals surface area contributed by atoms with Crippen LogP contribution in [-0.2, 0) is 17.5 Å². The molecule has 1 N–H and O–H groups in total. The van der Waals surface area contributed by atoms with Crippen LogP contribution < -0.4 is 15.0 Å². The fourth-order valence-corrected chi connectivity index (χ4v) is 3.84. The van der Waals surface area contributed by atoms with Gasteiger partial charge < -0.3 is 19.9 Å². The van der Waals surface area contributed by atoms with Crippen molar-refractivity contribution in [1.29, 1.82) is 0 Å². The molecule has 0 bridgehead atoms. The summed E-state index contributed by atoms with van der Waals surface area (Å²) < 4.78 is 44.1. The van der Waals surface area contributed by atoms with E-state index in [1.807, 2.05) is 48.2 Å². The van der Waals surface area contributed by atoms with E-state index in [2.05, 4.69) is 10.3 Å². The van der Waals surface area contributed by atoms with Gasteiger partial charge in [0.1, 0.15) is 18.2 Å². The summed E-state index contributed by atoms with van der Waals surface area (Å²) in [7, 11) is 3.97. The Labute approximate surface area is 196 Å². The fourth-order valence-electron chi connectivity index (χ4n) is 3.56. The Hall–Kier alpha value is -2.52. The van der Waals surface area contributed by atoms with Crippen LogP contribution in [0.1, 0.15) is 24.0 Å². The fraction of sp³-hybridized carbons (Fsp3) is 0.478. The van der Waals surface area contributed by atoms with Gasteiger partial charge in [0, 0.05) is 38.3 Å². The summed E-state index contributed by atoms with van der Waals surface area (Å²) in [5.74, 6) is 0.904. The second-order valence-electron chi connectivity index (χ2n) is 8.30. The summed E-state index contributed by atoms with van der Waals surface area (Å²) in [5.41, 5.74) is 0.0974. The Balaban J connectivity index is 1.45. The van der Waals surface area contributed by atoms with E-state index in [0.717, 1.165) is 30.1 Å². The smallest absolute Gasteiger partial charge is 0.417 e. The zero-order valence-electron chi connectivity index (χ0n) is 18.7. The highest BCUT2D eigenvalue weighted by atomic mass is 35.5. The third kappa shape index (κ3) is 7.23. The van der Waals surface area contributed by atoms with Gasteiger partial charge in [-0.2, -0.15) is 13.2 Å². The van der Waals surface area contributed by atoms with Gasteiger partial charge in [-0.05, 0) is 50.7 Å². The molecule has 2 aromatic rings. The molecule has 1 saturated heterocycles. The van der Waals surface area contributed by atoms with E-state index in [4.69, 9.17) is 16.3 Å². The van der Waals surface area contributed by atoms with Crippen LogP contribution in [0.3, 0.4) is 0 Å². The molecule has 0 saturated carbocycles. The van der Waals surface area contributed by atoms with Crippen molar-refractivity contribution in [3.8, 4) is 5.75 Å². The summed E-state index contributed by atoms with van der Waals surface area (Å²) >= 11 is 6.04. The van der Waals surface area contributed by atoms with Gasteiger partial charge in [0.05, 0.1) is 10.6 Å². The topological polar surface area (TPSA) is 57.7 Å². The normalized spacial score (nSPS) is 15.1. The lowest BCUT2D eigenvalue weighted by atomic mass is 9.95. The molecule has 0 atom stereocenters. The summed E-state index contributed by atoms with van der Waals surface area (Å²) in [4.78, 5) is 20.4. The molecule has 1 amide bonds. The number of ether oxygens (including phenoxy) is 1. The Morgan fingerprint density at radius 3 is 2.48 bits per heavy atom. The number of alkyl halides is 3. The quantitative estimate of drug-likeness (QED) is 0.608. The summed E-state index contributed by atoms with van der Waals surface area (Å²) in [5, 5.41) is 2.92. The van der Waals surface area contributed by atoms with E-state index in [-0.39, 0.29) is 16.8 Å². The average molecular weight is 485 g/mol. The zero-order valence-corrected chi connectivity index (χ0v) is 19.4. The first kappa shape index (κ1) is 25.1. The number of rotatable bonds is 8. The van der Waals surface area contributed by atoms with E-state index in [9.17, 15) is 18.0 Å². The van der Waals surface area contributed by atoms with Crippen molar-refractivity contribution in [1.82, 2.24) is 15.2 Å². The molecular weight excluding hydrogens is 457 g/mol. The van der Waals surface area contributed by atoms with Gasteiger partial charge in [-0.1, -0.05) is 23.7 Å². The third-order valence-electron chi connectivity index (χ3n) is 5.51. The molecule has 1 aliphatic heterocycles. The average Bonchev–Trinajstić information content (AvgIpc) is 2.77. The van der Waals surface area contributed by atoms with Crippen LogP contribution in [0.2, 0.25) is 5.02 Å². The number of amides is 1. The van der Waals surface area contributed by atoms with Crippen LogP contribution in [0.4, 0.5) is 19.0 Å². The molecule has 0 spiro atoms. The number of carbonyl (C=O) groups is 1. The van der Waals surface area contributed by atoms with Crippen LogP contribution in [0, 0.1) is 5.92 Å². The summed E-state index contributed by atoms with van der Waals surface area (Å²) in [6.07, 6.45) is -2.55. The molecule has 1 aromatic carbocycles. The molecule has 0 aliphatic carbocycles. The minimum atomic E-state index is -4.49. The highest BCUT2D eigenvalue weighted by Crippen LogP contribution is 2.34. The third-order valence-corrected chi connectivity index (χ3v) is 5.79. The number of pyridine rings is 1. The molecule has 0 unspecified atom stereocenters. The van der Waals surface area contributed by atoms with Crippen LogP contribution in [0.5, 0.6) is 5.75 Å². The van der Waals surface area contributed by atoms with Crippen LogP contribution in [0.25, 0.3) is 0 Å². The lowest BCUT2D eigenvalue weighted by Crippen LogP contribution is -2.40. The van der Waals surface area contributed by atoms with Gasteiger partial charge in [0.25, 0.3) is 0 Å². The van der Waals surface area contributed by atoms with E-state index in [1.54, 1.807) is 0 Å². The number of likely N-dealkylation sites (N-methyl/N-ethyl adjacent to an activating group) is 1. The monoisotopic (exact) mass is 484 g/mol. The number of anilines is 1. The number of nitrogens with zero attached hydrogens (tertiary/aromatic N) is 3. The molecule has 1 aliphatic rings. The summed E-state index contributed by atoms with van der Waals surface area (Å²) in [6, 6.07) is 8.51. The van der Waals surface area contributed by atoms with Crippen molar-refractivity contribution in [2.24, 2.45) is 5.92 Å². The minimum absolute atomic E-state index is 0.0348. The molecule has 6 nitrogen and oxygen atoms in total. The number of carbonyl (C=O) groups excluding carboxylic acids is 1. The standard InChI is InChI=1S/C23H28ClF3N4O2/c1-30(2)11-12-33-19-5-3-16(4-6-19)14-29-22(32)17-7-9-31(10-8-17)21-20(24)13-18(15-28-21)23(25,26)27/h3-6,13,15,17H,7-12,14H2,1-2H3,(H,29,32). The number of halogens is 4. The Bertz CT molecular complexity index is 930. The molecule has 1 aromatic heterocycles. The van der Waals surface area contributed by atoms with Crippen molar-refractivity contribution in [2.45, 2.75) is 25.6 Å².